The maximum atomic E-state index is 4.75. The highest BCUT2D eigenvalue weighted by molar-refractivity contribution is 7.13. The molecule has 0 saturated carbocycles. The Balaban J connectivity index is 1.50. The summed E-state index contributed by atoms with van der Waals surface area (Å²) >= 11 is 3.56. The molecule has 190 valence electrons. The topological polar surface area (TPSA) is 12.9 Å². The predicted molar refractivity (Wildman–Crippen MR) is 168 cm³/mol. The van der Waals surface area contributed by atoms with Gasteiger partial charge in [-0.05, 0) is 66.9 Å². The molecule has 0 saturated heterocycles. The van der Waals surface area contributed by atoms with Crippen molar-refractivity contribution in [2.75, 3.05) is 0 Å². The van der Waals surface area contributed by atoms with Crippen LogP contribution >= 0.6 is 22.7 Å². The number of rotatable bonds is 5. The van der Waals surface area contributed by atoms with Crippen LogP contribution in [-0.2, 0) is 17.3 Å². The summed E-state index contributed by atoms with van der Waals surface area (Å²) in [6.45, 7) is 11.7. The summed E-state index contributed by atoms with van der Waals surface area (Å²) in [4.78, 5) is 6.09. The van der Waals surface area contributed by atoms with Gasteiger partial charge >= 0.3 is 0 Å². The zero-order chi connectivity index (χ0) is 26.5. The van der Waals surface area contributed by atoms with E-state index in [0.29, 0.717) is 0 Å². The van der Waals surface area contributed by atoms with Gasteiger partial charge in [-0.25, -0.2) is 4.98 Å². The second-order valence-electron chi connectivity index (χ2n) is 11.9. The molecule has 4 aromatic carbocycles. The molecular formula is C35H33NS2. The van der Waals surface area contributed by atoms with E-state index >= 15 is 0 Å². The van der Waals surface area contributed by atoms with E-state index in [-0.39, 0.29) is 10.8 Å². The van der Waals surface area contributed by atoms with Gasteiger partial charge in [0.15, 0.2) is 0 Å². The molecule has 0 bridgehead atoms. The highest BCUT2D eigenvalue weighted by atomic mass is 32.1. The van der Waals surface area contributed by atoms with Crippen molar-refractivity contribution in [3.05, 3.63) is 113 Å². The van der Waals surface area contributed by atoms with Crippen LogP contribution in [0.2, 0.25) is 0 Å². The molecule has 38 heavy (non-hydrogen) atoms. The molecule has 0 aliphatic rings. The average molecular weight is 532 g/mol. The summed E-state index contributed by atoms with van der Waals surface area (Å²) in [5, 5.41) is 10.6. The lowest BCUT2D eigenvalue weighted by atomic mass is 9.75. The number of fused-ring (bicyclic) bond motifs is 2. The van der Waals surface area contributed by atoms with Crippen molar-refractivity contribution < 1.29 is 0 Å². The van der Waals surface area contributed by atoms with Crippen molar-refractivity contribution in [2.24, 2.45) is 0 Å². The molecule has 1 nitrogen and oxygen atoms in total. The maximum absolute atomic E-state index is 4.75. The summed E-state index contributed by atoms with van der Waals surface area (Å²) < 4.78 is 0. The molecule has 3 heteroatoms. The van der Waals surface area contributed by atoms with Gasteiger partial charge in [-0.1, -0.05) is 107 Å². The van der Waals surface area contributed by atoms with Crippen molar-refractivity contribution in [3.63, 3.8) is 0 Å². The molecular weight excluding hydrogens is 499 g/mol. The van der Waals surface area contributed by atoms with Crippen LogP contribution in [0.25, 0.3) is 42.6 Å². The molecule has 0 amide bonds. The van der Waals surface area contributed by atoms with Crippen LogP contribution < -0.4 is 0 Å². The van der Waals surface area contributed by atoms with E-state index in [9.17, 15) is 0 Å². The first-order valence-electron chi connectivity index (χ1n) is 13.2. The Hall–Kier alpha value is -3.27. The van der Waals surface area contributed by atoms with Crippen LogP contribution in [0.5, 0.6) is 0 Å². The second kappa shape index (κ2) is 9.48. The van der Waals surface area contributed by atoms with E-state index in [1.807, 2.05) is 17.5 Å². The molecule has 0 aliphatic carbocycles. The number of hydrogen-bond acceptors (Lipinski definition) is 3. The fraction of sp³-hybridized carbons (Fsp3) is 0.229. The van der Waals surface area contributed by atoms with Gasteiger partial charge in [-0.2, -0.15) is 0 Å². The summed E-state index contributed by atoms with van der Waals surface area (Å²) in [7, 11) is 0. The van der Waals surface area contributed by atoms with Crippen LogP contribution in [0.4, 0.5) is 0 Å². The Labute approximate surface area is 233 Å². The smallest absolute Gasteiger partial charge is 0.124 e. The van der Waals surface area contributed by atoms with Crippen LogP contribution in [-0.4, -0.2) is 4.98 Å². The lowest BCUT2D eigenvalue weighted by Crippen LogP contribution is -2.21. The third kappa shape index (κ3) is 4.48. The molecule has 0 atom stereocenters. The standard InChI is InChI=1S/C35H33NS2/c1-34(2,3)28-16-14-25-13-12-23(21-27(25)32(28)33-36-18-20-38-33)22-35(4,5)29-17-15-24-9-6-7-10-26(24)31(29)30-11-8-19-37-30/h6-21H,22H2,1-5H3. The van der Waals surface area contributed by atoms with E-state index < -0.39 is 0 Å². The van der Waals surface area contributed by atoms with E-state index in [0.717, 1.165) is 11.4 Å². The lowest BCUT2D eigenvalue weighted by Gasteiger charge is -2.29. The van der Waals surface area contributed by atoms with Gasteiger partial charge in [0.2, 0.25) is 0 Å². The Bertz CT molecular complexity index is 1730. The molecule has 6 rings (SSSR count). The number of nitrogens with zero attached hydrogens (tertiary/aromatic N) is 1. The number of thiazole rings is 1. The second-order valence-corrected chi connectivity index (χ2v) is 13.7. The molecule has 0 N–H and O–H groups in total. The Morgan fingerprint density at radius 1 is 0.658 bits per heavy atom. The fourth-order valence-electron chi connectivity index (χ4n) is 5.81. The molecule has 2 aromatic heterocycles. The first-order chi connectivity index (χ1) is 18.2. The van der Waals surface area contributed by atoms with Crippen LogP contribution in [0.1, 0.15) is 51.3 Å². The predicted octanol–water partition coefficient (Wildman–Crippen LogP) is 10.7. The minimum atomic E-state index is -0.0555. The van der Waals surface area contributed by atoms with Gasteiger partial charge in [-0.15, -0.1) is 22.7 Å². The zero-order valence-electron chi connectivity index (χ0n) is 22.7. The van der Waals surface area contributed by atoms with Crippen LogP contribution in [0.15, 0.2) is 95.8 Å². The zero-order valence-corrected chi connectivity index (χ0v) is 24.3. The SMILES string of the molecule is CC(C)(C)c1ccc2ccc(CC(C)(C)c3ccc4ccccc4c3-c3cccs3)cc2c1-c1nccs1. The Morgan fingerprint density at radius 2 is 1.39 bits per heavy atom. The lowest BCUT2D eigenvalue weighted by molar-refractivity contribution is 0.525. The molecule has 0 aliphatic heterocycles. The number of hydrogen-bond donors (Lipinski definition) is 0. The molecule has 0 spiro atoms. The fourth-order valence-corrected chi connectivity index (χ4v) is 7.32. The van der Waals surface area contributed by atoms with E-state index in [2.05, 4.69) is 124 Å². The normalized spacial score (nSPS) is 12.4. The van der Waals surface area contributed by atoms with Crippen molar-refractivity contribution >= 4 is 44.2 Å². The maximum Gasteiger partial charge on any atom is 0.124 e. The van der Waals surface area contributed by atoms with Gasteiger partial charge in [-0.3, -0.25) is 0 Å². The van der Waals surface area contributed by atoms with Gasteiger partial charge in [0.1, 0.15) is 5.01 Å². The Kier molecular flexibility index (Phi) is 6.25. The first kappa shape index (κ1) is 25.0. The monoisotopic (exact) mass is 531 g/mol. The minimum absolute atomic E-state index is 0.0329. The number of aromatic nitrogens is 1. The van der Waals surface area contributed by atoms with E-state index in [1.54, 1.807) is 11.3 Å². The van der Waals surface area contributed by atoms with Gasteiger partial charge in [0.05, 0.1) is 0 Å². The molecule has 0 unspecified atom stereocenters. The van der Waals surface area contributed by atoms with Gasteiger partial charge in [0.25, 0.3) is 0 Å². The first-order valence-corrected chi connectivity index (χ1v) is 15.0. The summed E-state index contributed by atoms with van der Waals surface area (Å²) in [6.07, 6.45) is 2.88. The highest BCUT2D eigenvalue weighted by Gasteiger charge is 2.27. The van der Waals surface area contributed by atoms with Gasteiger partial charge in [0, 0.05) is 27.6 Å². The summed E-state index contributed by atoms with van der Waals surface area (Å²) in [6, 6.07) is 29.5. The molecule has 6 aromatic rings. The third-order valence-electron chi connectivity index (χ3n) is 7.61. The number of benzene rings is 4. The quantitative estimate of drug-likeness (QED) is 0.216. The van der Waals surface area contributed by atoms with Crippen LogP contribution in [0.3, 0.4) is 0 Å². The third-order valence-corrected chi connectivity index (χ3v) is 9.29. The summed E-state index contributed by atoms with van der Waals surface area (Å²) in [5.74, 6) is 0. The summed E-state index contributed by atoms with van der Waals surface area (Å²) in [5.41, 5.74) is 6.76. The molecule has 0 fully saturated rings. The van der Waals surface area contributed by atoms with Gasteiger partial charge < -0.3 is 0 Å². The molecule has 0 radical (unpaired) electrons. The highest BCUT2D eigenvalue weighted by Crippen LogP contribution is 2.43. The molecule has 2 heterocycles. The average Bonchev–Trinajstić information content (AvgIpc) is 3.61. The van der Waals surface area contributed by atoms with E-state index in [4.69, 9.17) is 4.98 Å². The Morgan fingerprint density at radius 3 is 2.11 bits per heavy atom. The van der Waals surface area contributed by atoms with Crippen molar-refractivity contribution in [1.29, 1.82) is 0 Å². The largest absolute Gasteiger partial charge is 0.245 e. The van der Waals surface area contributed by atoms with Crippen molar-refractivity contribution in [1.82, 2.24) is 4.98 Å². The van der Waals surface area contributed by atoms with Crippen LogP contribution in [0, 0.1) is 0 Å². The number of thiophene rings is 1. The van der Waals surface area contributed by atoms with Crippen molar-refractivity contribution in [2.45, 2.75) is 51.9 Å². The van der Waals surface area contributed by atoms with Crippen molar-refractivity contribution in [3.8, 4) is 21.0 Å². The van der Waals surface area contributed by atoms with E-state index in [1.165, 1.54) is 54.2 Å². The minimum Gasteiger partial charge on any atom is -0.245 e.